The molecule has 0 aliphatic heterocycles. The molecule has 0 aliphatic rings. The van der Waals surface area contributed by atoms with Gasteiger partial charge >= 0.3 is 30.1 Å². The van der Waals surface area contributed by atoms with Crippen molar-refractivity contribution in [2.45, 2.75) is 98.3 Å². The van der Waals surface area contributed by atoms with E-state index in [-0.39, 0.29) is 67.6 Å². The van der Waals surface area contributed by atoms with E-state index in [1.54, 1.807) is 6.07 Å². The van der Waals surface area contributed by atoms with Crippen molar-refractivity contribution in [2.75, 3.05) is 32.8 Å². The summed E-state index contributed by atoms with van der Waals surface area (Å²) >= 11 is 0. The van der Waals surface area contributed by atoms with Crippen LogP contribution in [0, 0.1) is 19.9 Å². The standard InChI is InChI=1S/C37H48FN5O12/c1-21-13-22(2)30(26(14-21)54-24(4)45)36(5,6)15-28(46)51-17-25(49-9)11-12-43-19-39-31-32(40-34(38)42-33(31)43)41-35(48)55-37(7,8)16-29(47)52-18-27(50-10)23(3)53-20-44/h13-14,19-20,25H,11-12,15-18H2,1-10H3,(H,40,41,42,48)/b27-23-. The predicted molar refractivity (Wildman–Crippen MR) is 193 cm³/mol. The first kappa shape index (κ1) is 43.8. The summed E-state index contributed by atoms with van der Waals surface area (Å²) in [7, 11) is 2.78. The second-order valence-corrected chi connectivity index (χ2v) is 13.9. The van der Waals surface area contributed by atoms with Gasteiger partial charge in [0.1, 0.15) is 23.7 Å². The second-order valence-electron chi connectivity index (χ2n) is 13.9. The van der Waals surface area contributed by atoms with Crippen LogP contribution < -0.4 is 10.1 Å². The highest BCUT2D eigenvalue weighted by Gasteiger charge is 2.32. The number of anilines is 1. The Morgan fingerprint density at radius 3 is 2.33 bits per heavy atom. The molecule has 0 saturated heterocycles. The predicted octanol–water partition coefficient (Wildman–Crippen LogP) is 5.14. The third-order valence-corrected chi connectivity index (χ3v) is 8.24. The van der Waals surface area contributed by atoms with E-state index in [1.807, 2.05) is 33.8 Å². The summed E-state index contributed by atoms with van der Waals surface area (Å²) in [6.07, 6.45) is -1.45. The van der Waals surface area contributed by atoms with Crippen LogP contribution in [0.4, 0.5) is 15.0 Å². The SMILES string of the molecule is CO/C(COC(=O)CC(C)(C)OC(=O)Nc1nc(F)nc2c1ncn2CCC(COC(=O)CC(C)(C)c1c(C)cc(C)cc1OC(C)=O)OC)=C(/C)OC=O. The number of allylic oxidation sites excluding steroid dienone is 1. The monoisotopic (exact) mass is 773 g/mol. The lowest BCUT2D eigenvalue weighted by Crippen LogP contribution is -2.34. The van der Waals surface area contributed by atoms with Gasteiger partial charge in [-0.05, 0) is 58.2 Å². The van der Waals surface area contributed by atoms with Crippen LogP contribution in [0.2, 0.25) is 0 Å². The van der Waals surface area contributed by atoms with Gasteiger partial charge in [-0.2, -0.15) is 14.4 Å². The summed E-state index contributed by atoms with van der Waals surface area (Å²) in [5, 5.41) is 2.35. The Kier molecular flexibility index (Phi) is 15.2. The number of benzene rings is 1. The van der Waals surface area contributed by atoms with E-state index in [9.17, 15) is 28.4 Å². The van der Waals surface area contributed by atoms with Crippen molar-refractivity contribution in [1.82, 2.24) is 19.5 Å². The van der Waals surface area contributed by atoms with E-state index in [1.165, 1.54) is 52.8 Å². The molecular weight excluding hydrogens is 725 g/mol. The average Bonchev–Trinajstić information content (AvgIpc) is 3.46. The van der Waals surface area contributed by atoms with Gasteiger partial charge in [0.15, 0.2) is 29.3 Å². The van der Waals surface area contributed by atoms with Crippen molar-refractivity contribution in [3.05, 3.63) is 52.7 Å². The molecule has 0 aliphatic carbocycles. The van der Waals surface area contributed by atoms with Crippen molar-refractivity contribution < 1.29 is 61.5 Å². The van der Waals surface area contributed by atoms with Gasteiger partial charge in [-0.25, -0.2) is 9.78 Å². The fourth-order valence-electron chi connectivity index (χ4n) is 5.83. The highest BCUT2D eigenvalue weighted by molar-refractivity contribution is 5.93. The third-order valence-electron chi connectivity index (χ3n) is 8.24. The van der Waals surface area contributed by atoms with E-state index in [2.05, 4.69) is 20.3 Å². The number of esters is 3. The van der Waals surface area contributed by atoms with Crippen LogP contribution in [0.15, 0.2) is 30.0 Å². The van der Waals surface area contributed by atoms with E-state index in [0.29, 0.717) is 12.2 Å². The Balaban J connectivity index is 1.61. The Morgan fingerprint density at radius 2 is 1.69 bits per heavy atom. The fourth-order valence-corrected chi connectivity index (χ4v) is 5.83. The van der Waals surface area contributed by atoms with Gasteiger partial charge < -0.3 is 37.7 Å². The van der Waals surface area contributed by atoms with Crippen LogP contribution in [0.5, 0.6) is 5.75 Å². The molecule has 0 radical (unpaired) electrons. The van der Waals surface area contributed by atoms with Crippen molar-refractivity contribution in [3.8, 4) is 5.75 Å². The lowest BCUT2D eigenvalue weighted by molar-refractivity contribution is -0.149. The third kappa shape index (κ3) is 12.7. The van der Waals surface area contributed by atoms with Crippen LogP contribution in [0.1, 0.15) is 77.5 Å². The number of hydrogen-bond donors (Lipinski definition) is 1. The van der Waals surface area contributed by atoms with Crippen LogP contribution >= 0.6 is 0 Å². The number of aromatic nitrogens is 4. The number of nitrogens with zero attached hydrogens (tertiary/aromatic N) is 4. The summed E-state index contributed by atoms with van der Waals surface area (Å²) in [6, 6.07) is 3.72. The zero-order chi connectivity index (χ0) is 41.1. The number of aryl methyl sites for hydroxylation is 3. The number of carbonyl (C=O) groups excluding carboxylic acids is 5. The van der Waals surface area contributed by atoms with Gasteiger partial charge in [-0.1, -0.05) is 19.9 Å². The summed E-state index contributed by atoms with van der Waals surface area (Å²) < 4.78 is 53.0. The number of imidazole rings is 1. The largest absolute Gasteiger partial charge is 0.494 e. The molecule has 55 heavy (non-hydrogen) atoms. The Morgan fingerprint density at radius 1 is 1.00 bits per heavy atom. The zero-order valence-corrected chi connectivity index (χ0v) is 32.7. The van der Waals surface area contributed by atoms with Gasteiger partial charge in [0.05, 0.1) is 32.4 Å². The maximum Gasteiger partial charge on any atom is 0.413 e. The zero-order valence-electron chi connectivity index (χ0n) is 32.7. The number of methoxy groups -OCH3 is 2. The Bertz CT molecular complexity index is 1920. The average molecular weight is 774 g/mol. The topological polar surface area (TPSA) is 206 Å². The van der Waals surface area contributed by atoms with E-state index in [4.69, 9.17) is 33.2 Å². The molecule has 17 nitrogen and oxygen atoms in total. The molecule has 0 bridgehead atoms. The van der Waals surface area contributed by atoms with Crippen LogP contribution in [0.3, 0.4) is 0 Å². The van der Waals surface area contributed by atoms with Crippen molar-refractivity contribution in [2.24, 2.45) is 0 Å². The second kappa shape index (κ2) is 19.1. The van der Waals surface area contributed by atoms with Crippen LogP contribution in [-0.4, -0.2) is 89.1 Å². The van der Waals surface area contributed by atoms with Crippen molar-refractivity contribution >= 4 is 47.5 Å². The number of carbonyl (C=O) groups is 5. The molecule has 0 saturated carbocycles. The lowest BCUT2D eigenvalue weighted by Gasteiger charge is -2.29. The fraction of sp³-hybridized carbons (Fsp3) is 0.514. The molecule has 1 amide bonds. The van der Waals surface area contributed by atoms with Gasteiger partial charge in [0.25, 0.3) is 6.47 Å². The molecule has 2 aromatic heterocycles. The van der Waals surface area contributed by atoms with Gasteiger partial charge in [-0.3, -0.25) is 24.5 Å². The number of halogens is 1. The molecule has 3 aromatic rings. The van der Waals surface area contributed by atoms with E-state index in [0.717, 1.165) is 16.7 Å². The number of nitrogens with one attached hydrogen (secondary N) is 1. The molecule has 0 spiro atoms. The summed E-state index contributed by atoms with van der Waals surface area (Å²) in [5.41, 5.74) is 0.526. The minimum Gasteiger partial charge on any atom is -0.494 e. The minimum atomic E-state index is -1.38. The van der Waals surface area contributed by atoms with Crippen molar-refractivity contribution in [1.29, 1.82) is 0 Å². The van der Waals surface area contributed by atoms with Gasteiger partial charge in [0, 0.05) is 31.6 Å². The molecular formula is C37H48FN5O12. The Labute approximate surface area is 317 Å². The van der Waals surface area contributed by atoms with Gasteiger partial charge in [-0.15, -0.1) is 0 Å². The smallest absolute Gasteiger partial charge is 0.413 e. The number of fused-ring (bicyclic) bond motifs is 1. The lowest BCUT2D eigenvalue weighted by atomic mass is 9.78. The van der Waals surface area contributed by atoms with Crippen LogP contribution in [-0.2, 0) is 59.6 Å². The molecule has 2 heterocycles. The molecule has 1 unspecified atom stereocenters. The number of hydrogen-bond acceptors (Lipinski definition) is 15. The van der Waals surface area contributed by atoms with Crippen LogP contribution in [0.25, 0.3) is 11.2 Å². The molecule has 300 valence electrons. The molecule has 1 aromatic carbocycles. The quantitative estimate of drug-likeness (QED) is 0.0418. The van der Waals surface area contributed by atoms with Gasteiger partial charge in [0.2, 0.25) is 0 Å². The number of ether oxygens (including phenoxy) is 7. The molecule has 1 N–H and O–H groups in total. The maximum absolute atomic E-state index is 14.6. The number of rotatable bonds is 19. The highest BCUT2D eigenvalue weighted by Crippen LogP contribution is 2.38. The maximum atomic E-state index is 14.6. The summed E-state index contributed by atoms with van der Waals surface area (Å²) in [4.78, 5) is 72.4. The molecule has 1 atom stereocenters. The Hall–Kier alpha value is -5.65. The van der Waals surface area contributed by atoms with E-state index >= 15 is 0 Å². The highest BCUT2D eigenvalue weighted by atomic mass is 19.1. The molecule has 3 rings (SSSR count). The molecule has 18 heteroatoms. The first-order valence-electron chi connectivity index (χ1n) is 17.2. The minimum absolute atomic E-state index is 0.00473. The van der Waals surface area contributed by atoms with Crippen molar-refractivity contribution in [3.63, 3.8) is 0 Å². The molecule has 0 fully saturated rings. The first-order valence-corrected chi connectivity index (χ1v) is 17.2. The van der Waals surface area contributed by atoms with E-state index < -0.39 is 47.2 Å². The number of amides is 1. The first-order chi connectivity index (χ1) is 25.8. The summed E-state index contributed by atoms with van der Waals surface area (Å²) in [6.45, 7) is 13.2. The summed E-state index contributed by atoms with van der Waals surface area (Å²) in [5.74, 6) is -1.37. The normalized spacial score (nSPS) is 12.6.